The van der Waals surface area contributed by atoms with Gasteiger partial charge in [0.15, 0.2) is 0 Å². The fourth-order valence-corrected chi connectivity index (χ4v) is 2.68. The van der Waals surface area contributed by atoms with Gasteiger partial charge in [-0.05, 0) is 24.1 Å². The van der Waals surface area contributed by atoms with E-state index in [4.69, 9.17) is 4.74 Å². The van der Waals surface area contributed by atoms with Gasteiger partial charge < -0.3 is 15.2 Å². The zero-order valence-electron chi connectivity index (χ0n) is 13.6. The van der Waals surface area contributed by atoms with Crippen molar-refractivity contribution in [2.24, 2.45) is 0 Å². The molecule has 2 aromatic carbocycles. The second kappa shape index (κ2) is 8.26. The summed E-state index contributed by atoms with van der Waals surface area (Å²) in [4.78, 5) is 24.1. The molecular formula is C19H21NO4. The van der Waals surface area contributed by atoms with Crippen LogP contribution in [0, 0.1) is 0 Å². The first-order valence-electron chi connectivity index (χ1n) is 7.71. The number of carboxylic acid groups (broad SMARTS) is 1. The van der Waals surface area contributed by atoms with E-state index in [9.17, 15) is 14.7 Å². The largest absolute Gasteiger partial charge is 0.481 e. The lowest BCUT2D eigenvalue weighted by atomic mass is 9.83. The molecule has 2 aromatic rings. The summed E-state index contributed by atoms with van der Waals surface area (Å²) < 4.78 is 5.14. The van der Waals surface area contributed by atoms with Crippen molar-refractivity contribution < 1.29 is 19.4 Å². The maximum absolute atomic E-state index is 12.6. The van der Waals surface area contributed by atoms with Crippen LogP contribution in [0.15, 0.2) is 60.7 Å². The molecule has 0 aliphatic heterocycles. The summed E-state index contributed by atoms with van der Waals surface area (Å²) >= 11 is 0. The minimum absolute atomic E-state index is 0.223. The van der Waals surface area contributed by atoms with Crippen molar-refractivity contribution in [1.82, 2.24) is 5.32 Å². The van der Waals surface area contributed by atoms with E-state index in [1.54, 1.807) is 31.4 Å². The molecule has 2 N–H and O–H groups in total. The van der Waals surface area contributed by atoms with E-state index in [1.807, 2.05) is 36.4 Å². The van der Waals surface area contributed by atoms with Gasteiger partial charge in [-0.1, -0.05) is 48.5 Å². The van der Waals surface area contributed by atoms with Crippen molar-refractivity contribution in [3.8, 4) is 0 Å². The molecule has 2 rings (SSSR count). The van der Waals surface area contributed by atoms with E-state index < -0.39 is 11.5 Å². The minimum Gasteiger partial charge on any atom is -0.481 e. The molecule has 0 saturated heterocycles. The van der Waals surface area contributed by atoms with Crippen LogP contribution in [0.2, 0.25) is 0 Å². The quantitative estimate of drug-likeness (QED) is 0.782. The fraction of sp³-hybridized carbons (Fsp3) is 0.263. The summed E-state index contributed by atoms with van der Waals surface area (Å²) in [5.41, 5.74) is 0.199. The average molecular weight is 327 g/mol. The van der Waals surface area contributed by atoms with E-state index in [2.05, 4.69) is 5.32 Å². The van der Waals surface area contributed by atoms with Gasteiger partial charge in [0.1, 0.15) is 0 Å². The Labute approximate surface area is 141 Å². The third-order valence-corrected chi connectivity index (χ3v) is 3.90. The van der Waals surface area contributed by atoms with Crippen LogP contribution in [-0.2, 0) is 15.1 Å². The van der Waals surface area contributed by atoms with Gasteiger partial charge in [-0.3, -0.25) is 9.59 Å². The number of aliphatic carboxylic acids is 1. The first kappa shape index (κ1) is 17.7. The third-order valence-electron chi connectivity index (χ3n) is 3.90. The van der Waals surface area contributed by atoms with Gasteiger partial charge >= 0.3 is 5.97 Å². The number of ether oxygens (including phenoxy) is 1. The summed E-state index contributed by atoms with van der Waals surface area (Å²) in [5, 5.41) is 12.3. The van der Waals surface area contributed by atoms with Crippen LogP contribution in [0.5, 0.6) is 0 Å². The van der Waals surface area contributed by atoms with E-state index >= 15 is 0 Å². The number of nitrogens with one attached hydrogen (secondary N) is 1. The highest BCUT2D eigenvalue weighted by Crippen LogP contribution is 2.30. The van der Waals surface area contributed by atoms with Gasteiger partial charge in [0.2, 0.25) is 0 Å². The number of carbonyl (C=O) groups excluding carboxylic acids is 1. The van der Waals surface area contributed by atoms with Gasteiger partial charge in [0, 0.05) is 19.3 Å². The van der Waals surface area contributed by atoms with Gasteiger partial charge in [0.05, 0.1) is 12.0 Å². The molecular weight excluding hydrogens is 306 g/mol. The number of benzene rings is 2. The molecule has 5 nitrogen and oxygen atoms in total. The monoisotopic (exact) mass is 327 g/mol. The Hall–Kier alpha value is -2.66. The van der Waals surface area contributed by atoms with E-state index in [-0.39, 0.29) is 12.3 Å². The average Bonchev–Trinajstić information content (AvgIpc) is 2.60. The molecule has 5 heteroatoms. The first-order valence-corrected chi connectivity index (χ1v) is 7.71. The molecule has 126 valence electrons. The normalized spacial score (nSPS) is 13.0. The molecule has 0 aliphatic rings. The molecule has 0 saturated carbocycles. The van der Waals surface area contributed by atoms with E-state index in [1.165, 1.54) is 0 Å². The molecule has 0 bridgehead atoms. The lowest BCUT2D eigenvalue weighted by Crippen LogP contribution is -2.48. The molecule has 0 radical (unpaired) electrons. The first-order chi connectivity index (χ1) is 11.6. The Morgan fingerprint density at radius 1 is 1.04 bits per heavy atom. The molecule has 24 heavy (non-hydrogen) atoms. The number of methoxy groups -OCH3 is 1. The lowest BCUT2D eigenvalue weighted by Gasteiger charge is -2.34. The summed E-state index contributed by atoms with van der Waals surface area (Å²) in [6.07, 6.45) is 0.136. The molecule has 0 aromatic heterocycles. The van der Waals surface area contributed by atoms with Crippen molar-refractivity contribution in [3.63, 3.8) is 0 Å². The Morgan fingerprint density at radius 2 is 1.62 bits per heavy atom. The SMILES string of the molecule is COCC[C@](CC(=O)O)(NC(=O)c1ccccc1)c1ccccc1. The Bertz CT molecular complexity index is 672. The second-order valence-corrected chi connectivity index (χ2v) is 5.58. The number of carbonyl (C=O) groups is 2. The zero-order valence-corrected chi connectivity index (χ0v) is 13.6. The minimum atomic E-state index is -1.03. The van der Waals surface area contributed by atoms with Crippen LogP contribution in [0.1, 0.15) is 28.8 Å². The maximum atomic E-state index is 12.6. The topological polar surface area (TPSA) is 75.6 Å². The van der Waals surface area contributed by atoms with Gasteiger partial charge in [-0.2, -0.15) is 0 Å². The van der Waals surface area contributed by atoms with Crippen LogP contribution in [0.25, 0.3) is 0 Å². The predicted molar refractivity (Wildman–Crippen MR) is 90.8 cm³/mol. The number of carboxylic acids is 1. The lowest BCUT2D eigenvalue weighted by molar-refractivity contribution is -0.139. The zero-order chi connectivity index (χ0) is 17.4. The molecule has 1 atom stereocenters. The van der Waals surface area contributed by atoms with Crippen molar-refractivity contribution in [3.05, 3.63) is 71.8 Å². The predicted octanol–water partition coefficient (Wildman–Crippen LogP) is 2.82. The highest BCUT2D eigenvalue weighted by molar-refractivity contribution is 5.95. The van der Waals surface area contributed by atoms with Crippen LogP contribution >= 0.6 is 0 Å². The highest BCUT2D eigenvalue weighted by Gasteiger charge is 2.36. The Balaban J connectivity index is 2.39. The number of hydrogen-bond donors (Lipinski definition) is 2. The Morgan fingerprint density at radius 3 is 2.17 bits per heavy atom. The summed E-state index contributed by atoms with van der Waals surface area (Å²) in [5.74, 6) is -1.29. The van der Waals surface area contributed by atoms with Crippen LogP contribution in [-0.4, -0.2) is 30.7 Å². The molecule has 0 aliphatic carbocycles. The standard InChI is InChI=1S/C19H21NO4/c1-24-13-12-19(14-17(21)22,16-10-6-3-7-11-16)20-18(23)15-8-4-2-5-9-15/h2-11H,12-14H2,1H3,(H,20,23)(H,21,22)/t19-/m1/s1. The maximum Gasteiger partial charge on any atom is 0.306 e. The molecule has 0 fully saturated rings. The van der Waals surface area contributed by atoms with Crippen molar-refractivity contribution in [2.75, 3.05) is 13.7 Å². The van der Waals surface area contributed by atoms with E-state index in [0.29, 0.717) is 18.6 Å². The molecule has 1 amide bonds. The number of hydrogen-bond acceptors (Lipinski definition) is 3. The van der Waals surface area contributed by atoms with Crippen LogP contribution < -0.4 is 5.32 Å². The van der Waals surface area contributed by atoms with Crippen molar-refractivity contribution in [1.29, 1.82) is 0 Å². The van der Waals surface area contributed by atoms with Gasteiger partial charge in [-0.15, -0.1) is 0 Å². The summed E-state index contributed by atoms with van der Waals surface area (Å²) in [6.45, 7) is 0.331. The number of amides is 1. The fourth-order valence-electron chi connectivity index (χ4n) is 2.68. The van der Waals surface area contributed by atoms with Crippen LogP contribution in [0.4, 0.5) is 0 Å². The highest BCUT2D eigenvalue weighted by atomic mass is 16.5. The summed E-state index contributed by atoms with van der Waals surface area (Å²) in [7, 11) is 1.55. The second-order valence-electron chi connectivity index (χ2n) is 5.58. The van der Waals surface area contributed by atoms with Crippen molar-refractivity contribution in [2.45, 2.75) is 18.4 Å². The van der Waals surface area contributed by atoms with Gasteiger partial charge in [0.25, 0.3) is 5.91 Å². The molecule has 0 heterocycles. The number of rotatable bonds is 8. The van der Waals surface area contributed by atoms with Gasteiger partial charge in [-0.25, -0.2) is 0 Å². The smallest absolute Gasteiger partial charge is 0.306 e. The Kier molecular flexibility index (Phi) is 6.09. The summed E-state index contributed by atoms with van der Waals surface area (Å²) in [6, 6.07) is 17.9. The molecule has 0 unspecified atom stereocenters. The van der Waals surface area contributed by atoms with Crippen LogP contribution in [0.3, 0.4) is 0 Å². The van der Waals surface area contributed by atoms with Crippen molar-refractivity contribution >= 4 is 11.9 Å². The van der Waals surface area contributed by atoms with E-state index in [0.717, 1.165) is 5.56 Å². The molecule has 0 spiro atoms. The third kappa shape index (κ3) is 4.43.